The van der Waals surface area contributed by atoms with Crippen LogP contribution < -0.4 is 10.1 Å². The molecule has 7 heteroatoms. The number of ether oxygens (including phenoxy) is 2. The first-order valence-corrected chi connectivity index (χ1v) is 9.69. The lowest BCUT2D eigenvalue weighted by atomic mass is 10.1. The van der Waals surface area contributed by atoms with Crippen LogP contribution in [0.5, 0.6) is 5.75 Å². The molecule has 1 aromatic heterocycles. The molecule has 0 fully saturated rings. The molecule has 0 atom stereocenters. The maximum atomic E-state index is 12.8. The Kier molecular flexibility index (Phi) is 6.85. The molecule has 0 bridgehead atoms. The van der Waals surface area contributed by atoms with Gasteiger partial charge in [-0.2, -0.15) is 5.10 Å². The van der Waals surface area contributed by atoms with E-state index in [1.54, 1.807) is 31.8 Å². The zero-order valence-corrected chi connectivity index (χ0v) is 17.3. The average Bonchev–Trinajstić information content (AvgIpc) is 3.16. The lowest BCUT2D eigenvalue weighted by Gasteiger charge is -2.09. The van der Waals surface area contributed by atoms with E-state index >= 15 is 0 Å². The lowest BCUT2D eigenvalue weighted by Crippen LogP contribution is -2.31. The molecule has 0 aliphatic heterocycles. The van der Waals surface area contributed by atoms with Crippen molar-refractivity contribution in [1.82, 2.24) is 15.1 Å². The largest absolute Gasteiger partial charge is 0.497 e. The van der Waals surface area contributed by atoms with E-state index in [2.05, 4.69) is 10.4 Å². The molecule has 0 aliphatic carbocycles. The number of nitrogens with zero attached hydrogens (tertiary/aromatic N) is 2. The van der Waals surface area contributed by atoms with Gasteiger partial charge in [0, 0.05) is 11.8 Å². The Morgan fingerprint density at radius 1 is 1.10 bits per heavy atom. The van der Waals surface area contributed by atoms with Crippen LogP contribution in [-0.2, 0) is 16.1 Å². The Labute approximate surface area is 175 Å². The van der Waals surface area contributed by atoms with Crippen molar-refractivity contribution in [2.45, 2.75) is 26.5 Å². The number of amides is 1. The lowest BCUT2D eigenvalue weighted by molar-refractivity contribution is -0.146. The SMILES string of the molecule is COc1cccc(-c2nn(Cc3ccccc3)cc2C(=O)NCC(=O)OC(C)C)c1. The van der Waals surface area contributed by atoms with E-state index in [9.17, 15) is 9.59 Å². The molecule has 1 heterocycles. The van der Waals surface area contributed by atoms with Gasteiger partial charge < -0.3 is 14.8 Å². The summed E-state index contributed by atoms with van der Waals surface area (Å²) in [5, 5.41) is 7.25. The fourth-order valence-electron chi connectivity index (χ4n) is 2.97. The smallest absolute Gasteiger partial charge is 0.325 e. The van der Waals surface area contributed by atoms with Gasteiger partial charge in [-0.15, -0.1) is 0 Å². The summed E-state index contributed by atoms with van der Waals surface area (Å²) < 4.78 is 12.1. The summed E-state index contributed by atoms with van der Waals surface area (Å²) in [7, 11) is 1.58. The third-order valence-electron chi connectivity index (χ3n) is 4.30. The normalized spacial score (nSPS) is 10.7. The van der Waals surface area contributed by atoms with Crippen molar-refractivity contribution in [3.8, 4) is 17.0 Å². The van der Waals surface area contributed by atoms with Gasteiger partial charge in [0.1, 0.15) is 18.0 Å². The molecule has 3 aromatic rings. The zero-order valence-electron chi connectivity index (χ0n) is 17.3. The summed E-state index contributed by atoms with van der Waals surface area (Å²) >= 11 is 0. The van der Waals surface area contributed by atoms with Gasteiger partial charge in [-0.3, -0.25) is 14.3 Å². The number of carbonyl (C=O) groups is 2. The Hall–Kier alpha value is -3.61. The van der Waals surface area contributed by atoms with Gasteiger partial charge in [-0.1, -0.05) is 42.5 Å². The first-order chi connectivity index (χ1) is 14.5. The van der Waals surface area contributed by atoms with Gasteiger partial charge in [0.15, 0.2) is 0 Å². The van der Waals surface area contributed by atoms with E-state index in [1.165, 1.54) is 0 Å². The van der Waals surface area contributed by atoms with Gasteiger partial charge in [-0.05, 0) is 31.5 Å². The van der Waals surface area contributed by atoms with Crippen molar-refractivity contribution in [1.29, 1.82) is 0 Å². The summed E-state index contributed by atoms with van der Waals surface area (Å²) in [6.07, 6.45) is 1.45. The van der Waals surface area contributed by atoms with Crippen LogP contribution in [0, 0.1) is 0 Å². The second-order valence-electron chi connectivity index (χ2n) is 7.03. The van der Waals surface area contributed by atoms with Crippen molar-refractivity contribution in [3.05, 3.63) is 71.9 Å². The molecule has 2 aromatic carbocycles. The molecule has 0 spiro atoms. The van der Waals surface area contributed by atoms with Crippen LogP contribution in [0.15, 0.2) is 60.8 Å². The van der Waals surface area contributed by atoms with Crippen LogP contribution in [0.4, 0.5) is 0 Å². The molecule has 0 aliphatic rings. The molecule has 0 saturated carbocycles. The first-order valence-electron chi connectivity index (χ1n) is 9.69. The Balaban J connectivity index is 1.88. The van der Waals surface area contributed by atoms with Crippen LogP contribution in [0.25, 0.3) is 11.3 Å². The number of aromatic nitrogens is 2. The van der Waals surface area contributed by atoms with E-state index in [0.717, 1.165) is 11.1 Å². The van der Waals surface area contributed by atoms with Crippen LogP contribution in [0.3, 0.4) is 0 Å². The average molecular weight is 407 g/mol. The summed E-state index contributed by atoms with van der Waals surface area (Å²) in [4.78, 5) is 24.6. The molecule has 30 heavy (non-hydrogen) atoms. The minimum absolute atomic E-state index is 0.210. The zero-order chi connectivity index (χ0) is 21.5. The Morgan fingerprint density at radius 3 is 2.57 bits per heavy atom. The number of methoxy groups -OCH3 is 1. The number of hydrogen-bond donors (Lipinski definition) is 1. The van der Waals surface area contributed by atoms with Crippen LogP contribution in [0.2, 0.25) is 0 Å². The van der Waals surface area contributed by atoms with Crippen molar-refractivity contribution >= 4 is 11.9 Å². The van der Waals surface area contributed by atoms with Gasteiger partial charge in [0.05, 0.1) is 25.3 Å². The predicted molar refractivity (Wildman–Crippen MR) is 113 cm³/mol. The number of esters is 1. The van der Waals surface area contributed by atoms with E-state index in [4.69, 9.17) is 9.47 Å². The molecule has 3 rings (SSSR count). The summed E-state index contributed by atoms with van der Waals surface area (Å²) in [5.41, 5.74) is 2.69. The van der Waals surface area contributed by atoms with E-state index in [0.29, 0.717) is 23.6 Å². The topological polar surface area (TPSA) is 82.5 Å². The molecule has 1 N–H and O–H groups in total. The van der Waals surface area contributed by atoms with E-state index in [-0.39, 0.29) is 12.6 Å². The summed E-state index contributed by atoms with van der Waals surface area (Å²) in [5.74, 6) is -0.220. The number of carbonyl (C=O) groups excluding carboxylic acids is 2. The number of hydrogen-bond acceptors (Lipinski definition) is 5. The number of rotatable bonds is 8. The van der Waals surface area contributed by atoms with Gasteiger partial charge in [0.25, 0.3) is 5.91 Å². The summed E-state index contributed by atoms with van der Waals surface area (Å²) in [6, 6.07) is 17.2. The number of benzene rings is 2. The standard InChI is InChI=1S/C23H25N3O4/c1-16(2)30-21(27)13-24-23(28)20-15-26(14-17-8-5-4-6-9-17)25-22(20)18-10-7-11-19(12-18)29-3/h4-12,15-16H,13-14H2,1-3H3,(H,24,28). The third kappa shape index (κ3) is 5.47. The molecule has 7 nitrogen and oxygen atoms in total. The Morgan fingerprint density at radius 2 is 1.87 bits per heavy atom. The highest BCUT2D eigenvalue weighted by atomic mass is 16.5. The quantitative estimate of drug-likeness (QED) is 0.580. The predicted octanol–water partition coefficient (Wildman–Crippen LogP) is 3.29. The van der Waals surface area contributed by atoms with Gasteiger partial charge >= 0.3 is 5.97 Å². The molecular formula is C23H25N3O4. The fraction of sp³-hybridized carbons (Fsp3) is 0.261. The maximum absolute atomic E-state index is 12.8. The van der Waals surface area contributed by atoms with E-state index < -0.39 is 11.9 Å². The fourth-order valence-corrected chi connectivity index (χ4v) is 2.97. The molecular weight excluding hydrogens is 382 g/mol. The molecule has 0 unspecified atom stereocenters. The van der Waals surface area contributed by atoms with Gasteiger partial charge in [-0.25, -0.2) is 0 Å². The minimum atomic E-state index is -0.488. The molecule has 0 saturated heterocycles. The summed E-state index contributed by atoms with van der Waals surface area (Å²) in [6.45, 7) is 3.82. The second kappa shape index (κ2) is 9.73. The maximum Gasteiger partial charge on any atom is 0.325 e. The highest BCUT2D eigenvalue weighted by Crippen LogP contribution is 2.26. The monoisotopic (exact) mass is 407 g/mol. The van der Waals surface area contributed by atoms with Crippen molar-refractivity contribution in [2.75, 3.05) is 13.7 Å². The number of nitrogens with one attached hydrogen (secondary N) is 1. The van der Waals surface area contributed by atoms with Crippen molar-refractivity contribution in [2.24, 2.45) is 0 Å². The third-order valence-corrected chi connectivity index (χ3v) is 4.30. The minimum Gasteiger partial charge on any atom is -0.497 e. The van der Waals surface area contributed by atoms with E-state index in [1.807, 2.05) is 54.6 Å². The van der Waals surface area contributed by atoms with Crippen molar-refractivity contribution < 1.29 is 19.1 Å². The molecule has 1 amide bonds. The van der Waals surface area contributed by atoms with Crippen LogP contribution in [-0.4, -0.2) is 41.4 Å². The Bertz CT molecular complexity index is 1010. The van der Waals surface area contributed by atoms with Gasteiger partial charge in [0.2, 0.25) is 0 Å². The second-order valence-corrected chi connectivity index (χ2v) is 7.03. The highest BCUT2D eigenvalue weighted by molar-refractivity contribution is 6.01. The molecule has 0 radical (unpaired) electrons. The van der Waals surface area contributed by atoms with Crippen LogP contribution in [0.1, 0.15) is 29.8 Å². The molecule has 156 valence electrons. The highest BCUT2D eigenvalue weighted by Gasteiger charge is 2.19. The van der Waals surface area contributed by atoms with Crippen LogP contribution >= 0.6 is 0 Å². The van der Waals surface area contributed by atoms with Crippen molar-refractivity contribution in [3.63, 3.8) is 0 Å². The first kappa shape index (κ1) is 21.1.